The molecule has 0 amide bonds. The van der Waals surface area contributed by atoms with Gasteiger partial charge in [0.1, 0.15) is 17.3 Å². The van der Waals surface area contributed by atoms with E-state index in [1.54, 1.807) is 18.2 Å². The molecule has 3 N–H and O–H groups in total. The molecule has 0 aliphatic rings. The van der Waals surface area contributed by atoms with Crippen LogP contribution in [0.15, 0.2) is 42.5 Å². The van der Waals surface area contributed by atoms with Crippen molar-refractivity contribution in [1.29, 1.82) is 5.41 Å². The predicted octanol–water partition coefficient (Wildman–Crippen LogP) is 4.93. The van der Waals surface area contributed by atoms with Crippen LogP contribution in [-0.2, 0) is 0 Å². The van der Waals surface area contributed by atoms with Gasteiger partial charge in [0.15, 0.2) is 0 Å². The molecule has 3 nitrogen and oxygen atoms in total. The number of nitrogens with one attached hydrogen (secondary N) is 1. The highest BCUT2D eigenvalue weighted by Crippen LogP contribution is 2.29. The SMILES string of the molecule is CCC(C)c1ccc(Oc2cc(Cl)ccc2C(=N)N)cc1. The Morgan fingerprint density at radius 1 is 1.24 bits per heavy atom. The summed E-state index contributed by atoms with van der Waals surface area (Å²) in [5.74, 6) is 1.68. The fourth-order valence-corrected chi connectivity index (χ4v) is 2.19. The number of benzene rings is 2. The summed E-state index contributed by atoms with van der Waals surface area (Å²) in [5.41, 5.74) is 7.37. The van der Waals surface area contributed by atoms with Gasteiger partial charge in [-0.25, -0.2) is 0 Å². The van der Waals surface area contributed by atoms with Crippen molar-refractivity contribution in [2.45, 2.75) is 26.2 Å². The highest BCUT2D eigenvalue weighted by molar-refractivity contribution is 6.30. The third kappa shape index (κ3) is 3.76. The molecule has 0 heterocycles. The van der Waals surface area contributed by atoms with Gasteiger partial charge in [0.2, 0.25) is 0 Å². The van der Waals surface area contributed by atoms with Gasteiger partial charge in [0.25, 0.3) is 0 Å². The zero-order chi connectivity index (χ0) is 15.4. The number of nitrogens with two attached hydrogens (primary N) is 1. The second-order valence-corrected chi connectivity index (χ2v) is 5.47. The molecule has 0 spiro atoms. The van der Waals surface area contributed by atoms with Gasteiger partial charge < -0.3 is 10.5 Å². The summed E-state index contributed by atoms with van der Waals surface area (Å²) in [6.07, 6.45) is 1.10. The van der Waals surface area contributed by atoms with E-state index in [-0.39, 0.29) is 5.84 Å². The van der Waals surface area contributed by atoms with Crippen LogP contribution in [0, 0.1) is 5.41 Å². The molecule has 0 aliphatic heterocycles. The quantitative estimate of drug-likeness (QED) is 0.607. The van der Waals surface area contributed by atoms with E-state index in [0.717, 1.165) is 6.42 Å². The second kappa shape index (κ2) is 6.64. The molecular formula is C17H19ClN2O. The van der Waals surface area contributed by atoms with Crippen LogP contribution in [0.3, 0.4) is 0 Å². The number of halogens is 1. The van der Waals surface area contributed by atoms with Crippen LogP contribution in [0.5, 0.6) is 11.5 Å². The zero-order valence-corrected chi connectivity index (χ0v) is 12.9. The second-order valence-electron chi connectivity index (χ2n) is 5.03. The minimum absolute atomic E-state index is 0.0436. The van der Waals surface area contributed by atoms with E-state index in [4.69, 9.17) is 27.5 Å². The van der Waals surface area contributed by atoms with Crippen LogP contribution in [0.1, 0.15) is 37.3 Å². The van der Waals surface area contributed by atoms with Crippen LogP contribution in [0.2, 0.25) is 5.02 Å². The van der Waals surface area contributed by atoms with E-state index in [1.807, 2.05) is 12.1 Å². The maximum atomic E-state index is 7.58. The van der Waals surface area contributed by atoms with Gasteiger partial charge >= 0.3 is 0 Å². The first-order chi connectivity index (χ1) is 10.0. The monoisotopic (exact) mass is 302 g/mol. The van der Waals surface area contributed by atoms with E-state index in [9.17, 15) is 0 Å². The minimum atomic E-state index is -0.0436. The van der Waals surface area contributed by atoms with Crippen LogP contribution < -0.4 is 10.5 Å². The molecule has 21 heavy (non-hydrogen) atoms. The molecule has 110 valence electrons. The summed E-state index contributed by atoms with van der Waals surface area (Å²) in [4.78, 5) is 0. The smallest absolute Gasteiger partial charge is 0.139 e. The van der Waals surface area contributed by atoms with Crippen molar-refractivity contribution in [2.24, 2.45) is 5.73 Å². The van der Waals surface area contributed by atoms with Gasteiger partial charge in [0, 0.05) is 11.1 Å². The summed E-state index contributed by atoms with van der Waals surface area (Å²) >= 11 is 5.98. The van der Waals surface area contributed by atoms with Crippen LogP contribution in [0.4, 0.5) is 0 Å². The summed E-state index contributed by atoms with van der Waals surface area (Å²) in [6.45, 7) is 4.36. The van der Waals surface area contributed by atoms with Gasteiger partial charge in [-0.2, -0.15) is 0 Å². The first kappa shape index (κ1) is 15.4. The molecule has 0 fully saturated rings. The molecule has 0 aliphatic carbocycles. The average Bonchev–Trinajstić information content (AvgIpc) is 2.47. The van der Waals surface area contributed by atoms with Crippen LogP contribution >= 0.6 is 11.6 Å². The molecule has 2 rings (SSSR count). The molecule has 0 saturated heterocycles. The van der Waals surface area contributed by atoms with E-state index < -0.39 is 0 Å². The Bertz CT molecular complexity index is 638. The minimum Gasteiger partial charge on any atom is -0.457 e. The summed E-state index contributed by atoms with van der Waals surface area (Å²) in [5, 5.41) is 8.13. The molecule has 2 aromatic rings. The first-order valence-electron chi connectivity index (χ1n) is 6.93. The fraction of sp³-hybridized carbons (Fsp3) is 0.235. The van der Waals surface area contributed by atoms with E-state index in [0.29, 0.717) is 28.0 Å². The summed E-state index contributed by atoms with van der Waals surface area (Å²) in [7, 11) is 0. The number of ether oxygens (including phenoxy) is 1. The van der Waals surface area contributed by atoms with Crippen molar-refractivity contribution < 1.29 is 4.74 Å². The molecule has 0 aromatic heterocycles. The molecular weight excluding hydrogens is 284 g/mol. The van der Waals surface area contributed by atoms with Crippen LogP contribution in [0.25, 0.3) is 0 Å². The van der Waals surface area contributed by atoms with Crippen molar-refractivity contribution in [2.75, 3.05) is 0 Å². The lowest BCUT2D eigenvalue weighted by atomic mass is 9.99. The summed E-state index contributed by atoms with van der Waals surface area (Å²) < 4.78 is 5.81. The molecule has 0 bridgehead atoms. The van der Waals surface area contributed by atoms with E-state index >= 15 is 0 Å². The van der Waals surface area contributed by atoms with Gasteiger partial charge in [0.05, 0.1) is 5.56 Å². The predicted molar refractivity (Wildman–Crippen MR) is 87.7 cm³/mol. The van der Waals surface area contributed by atoms with Crippen molar-refractivity contribution >= 4 is 17.4 Å². The zero-order valence-electron chi connectivity index (χ0n) is 12.2. The van der Waals surface area contributed by atoms with Gasteiger partial charge in [-0.1, -0.05) is 37.6 Å². The lowest BCUT2D eigenvalue weighted by Gasteiger charge is -2.13. The number of hydrogen-bond acceptors (Lipinski definition) is 2. The molecule has 1 unspecified atom stereocenters. The number of hydrogen-bond donors (Lipinski definition) is 2. The Morgan fingerprint density at radius 2 is 1.90 bits per heavy atom. The number of rotatable bonds is 5. The average molecular weight is 303 g/mol. The third-order valence-corrected chi connectivity index (χ3v) is 3.76. The highest BCUT2D eigenvalue weighted by Gasteiger charge is 2.09. The Balaban J connectivity index is 2.26. The molecule has 0 saturated carbocycles. The maximum Gasteiger partial charge on any atom is 0.139 e. The standard InChI is InChI=1S/C17H19ClN2O/c1-3-11(2)12-4-7-14(8-5-12)21-16-10-13(18)6-9-15(16)17(19)20/h4-11H,3H2,1-2H3,(H3,19,20). The highest BCUT2D eigenvalue weighted by atomic mass is 35.5. The molecule has 1 atom stereocenters. The van der Waals surface area contributed by atoms with E-state index in [1.165, 1.54) is 5.56 Å². The fourth-order valence-electron chi connectivity index (χ4n) is 2.03. The Hall–Kier alpha value is -2.00. The van der Waals surface area contributed by atoms with Crippen molar-refractivity contribution in [3.05, 3.63) is 58.6 Å². The van der Waals surface area contributed by atoms with Gasteiger partial charge in [-0.05, 0) is 42.2 Å². The topological polar surface area (TPSA) is 59.1 Å². The van der Waals surface area contributed by atoms with Crippen LogP contribution in [-0.4, -0.2) is 5.84 Å². The van der Waals surface area contributed by atoms with Gasteiger partial charge in [-0.3, -0.25) is 5.41 Å². The van der Waals surface area contributed by atoms with Crippen molar-refractivity contribution in [3.63, 3.8) is 0 Å². The molecule has 4 heteroatoms. The van der Waals surface area contributed by atoms with Gasteiger partial charge in [-0.15, -0.1) is 0 Å². The number of nitrogen functional groups attached to an aromatic ring is 1. The summed E-state index contributed by atoms with van der Waals surface area (Å²) in [6, 6.07) is 13.0. The normalized spacial score (nSPS) is 12.0. The molecule has 2 aromatic carbocycles. The van der Waals surface area contributed by atoms with Crippen molar-refractivity contribution in [1.82, 2.24) is 0 Å². The number of amidine groups is 1. The van der Waals surface area contributed by atoms with Crippen molar-refractivity contribution in [3.8, 4) is 11.5 Å². The Morgan fingerprint density at radius 3 is 2.48 bits per heavy atom. The maximum absolute atomic E-state index is 7.58. The largest absolute Gasteiger partial charge is 0.457 e. The Labute approximate surface area is 130 Å². The lowest BCUT2D eigenvalue weighted by Crippen LogP contribution is -2.12. The lowest BCUT2D eigenvalue weighted by molar-refractivity contribution is 0.481. The van der Waals surface area contributed by atoms with E-state index in [2.05, 4.69) is 26.0 Å². The molecule has 0 radical (unpaired) electrons. The first-order valence-corrected chi connectivity index (χ1v) is 7.30. The third-order valence-electron chi connectivity index (χ3n) is 3.52. The Kier molecular flexibility index (Phi) is 4.86.